The molecule has 0 saturated carbocycles. The van der Waals surface area contributed by atoms with E-state index in [0.717, 1.165) is 0 Å². The van der Waals surface area contributed by atoms with Gasteiger partial charge in [-0.2, -0.15) is 0 Å². The average Bonchev–Trinajstić information content (AvgIpc) is 2.29. The number of rotatable bonds is 6. The summed E-state index contributed by atoms with van der Waals surface area (Å²) in [6, 6.07) is 0. The van der Waals surface area contributed by atoms with Crippen molar-refractivity contribution in [3.05, 3.63) is 0 Å². The number of nitrogens with zero attached hydrogens (tertiary/aromatic N) is 2. The summed E-state index contributed by atoms with van der Waals surface area (Å²) < 4.78 is 0. The summed E-state index contributed by atoms with van der Waals surface area (Å²) >= 11 is 0. The number of oxime groups is 1. The third-order valence-corrected chi connectivity index (χ3v) is 2.31. The molecule has 7 heteroatoms. The van der Waals surface area contributed by atoms with Crippen molar-refractivity contribution >= 4 is 17.6 Å². The van der Waals surface area contributed by atoms with E-state index in [4.69, 9.17) is 10.9 Å². The number of hydrogen-bond acceptors (Lipinski definition) is 4. The molecular formula is C10H20N4O3. The molecule has 0 heterocycles. The molecule has 0 bridgehead atoms. The topological polar surface area (TPSA) is 108 Å². The minimum atomic E-state index is -0.695. The summed E-state index contributed by atoms with van der Waals surface area (Å²) in [6.07, 6.45) is 0.411. The van der Waals surface area contributed by atoms with E-state index in [2.05, 4.69) is 10.5 Å². The highest BCUT2D eigenvalue weighted by Crippen LogP contribution is 2.06. The summed E-state index contributed by atoms with van der Waals surface area (Å²) in [5.74, 6) is -1.41. The van der Waals surface area contributed by atoms with Crippen LogP contribution >= 0.6 is 0 Å². The van der Waals surface area contributed by atoms with Crippen LogP contribution in [-0.2, 0) is 9.59 Å². The van der Waals surface area contributed by atoms with Crippen LogP contribution in [0.25, 0.3) is 0 Å². The van der Waals surface area contributed by atoms with Crippen LogP contribution in [0.3, 0.4) is 0 Å². The second-order valence-electron chi connectivity index (χ2n) is 3.63. The number of nitrogens with one attached hydrogen (secondary N) is 1. The van der Waals surface area contributed by atoms with E-state index in [9.17, 15) is 9.59 Å². The van der Waals surface area contributed by atoms with Gasteiger partial charge in [-0.15, -0.1) is 0 Å². The molecule has 1 atom stereocenters. The monoisotopic (exact) mass is 244 g/mol. The molecule has 0 aliphatic heterocycles. The minimum Gasteiger partial charge on any atom is -0.409 e. The van der Waals surface area contributed by atoms with Crippen molar-refractivity contribution < 1.29 is 14.8 Å². The van der Waals surface area contributed by atoms with Crippen molar-refractivity contribution in [2.75, 3.05) is 20.1 Å². The smallest absolute Gasteiger partial charge is 0.239 e. The van der Waals surface area contributed by atoms with Crippen molar-refractivity contribution in [1.82, 2.24) is 10.2 Å². The highest BCUT2D eigenvalue weighted by Gasteiger charge is 2.25. The standard InChI is InChI=1S/C10H20N4O3/c1-4-7(9(11)13-17)10(16)14(3)6-8(15)12-5-2/h7,17H,4-6H2,1-3H3,(H2,11,13)(H,12,15). The molecule has 17 heavy (non-hydrogen) atoms. The molecule has 0 aromatic rings. The summed E-state index contributed by atoms with van der Waals surface area (Å²) in [5.41, 5.74) is 5.41. The Morgan fingerprint density at radius 1 is 1.47 bits per heavy atom. The molecule has 0 aromatic carbocycles. The lowest BCUT2D eigenvalue weighted by molar-refractivity contribution is -0.136. The minimum absolute atomic E-state index is 0.0398. The fourth-order valence-corrected chi connectivity index (χ4v) is 1.39. The Kier molecular flexibility index (Phi) is 6.69. The summed E-state index contributed by atoms with van der Waals surface area (Å²) in [6.45, 7) is 4.02. The molecule has 7 nitrogen and oxygen atoms in total. The van der Waals surface area contributed by atoms with E-state index in [1.807, 2.05) is 0 Å². The van der Waals surface area contributed by atoms with Crippen LogP contribution in [0.1, 0.15) is 20.3 Å². The number of carbonyl (C=O) groups is 2. The van der Waals surface area contributed by atoms with Gasteiger partial charge >= 0.3 is 0 Å². The Hall–Kier alpha value is -1.79. The van der Waals surface area contributed by atoms with E-state index < -0.39 is 5.92 Å². The maximum Gasteiger partial charge on any atom is 0.239 e. The molecule has 0 spiro atoms. The van der Waals surface area contributed by atoms with Crippen LogP contribution in [0.2, 0.25) is 0 Å². The van der Waals surface area contributed by atoms with E-state index in [-0.39, 0.29) is 24.2 Å². The van der Waals surface area contributed by atoms with Gasteiger partial charge in [-0.3, -0.25) is 9.59 Å². The molecule has 1 unspecified atom stereocenters. The van der Waals surface area contributed by atoms with Gasteiger partial charge in [0.25, 0.3) is 0 Å². The lowest BCUT2D eigenvalue weighted by Crippen LogP contribution is -2.44. The van der Waals surface area contributed by atoms with Crippen LogP contribution in [0, 0.1) is 5.92 Å². The Balaban J connectivity index is 4.52. The first-order chi connectivity index (χ1) is 7.97. The first kappa shape index (κ1) is 15.2. The molecule has 2 amide bonds. The van der Waals surface area contributed by atoms with E-state index in [1.54, 1.807) is 13.8 Å². The summed E-state index contributed by atoms with van der Waals surface area (Å²) in [4.78, 5) is 24.4. The highest BCUT2D eigenvalue weighted by atomic mass is 16.4. The fraction of sp³-hybridized carbons (Fsp3) is 0.700. The maximum absolute atomic E-state index is 11.9. The van der Waals surface area contributed by atoms with Crippen LogP contribution in [0.15, 0.2) is 5.16 Å². The zero-order chi connectivity index (χ0) is 13.4. The number of carbonyl (C=O) groups excluding carboxylic acids is 2. The summed E-state index contributed by atoms with van der Waals surface area (Å²) in [5, 5.41) is 14.0. The second kappa shape index (κ2) is 7.48. The van der Waals surface area contributed by atoms with Crippen LogP contribution in [0.5, 0.6) is 0 Å². The van der Waals surface area contributed by atoms with Gasteiger partial charge in [0, 0.05) is 13.6 Å². The van der Waals surface area contributed by atoms with Crippen LogP contribution in [0.4, 0.5) is 0 Å². The van der Waals surface area contributed by atoms with Gasteiger partial charge in [-0.05, 0) is 13.3 Å². The van der Waals surface area contributed by atoms with Crippen molar-refractivity contribution in [3.8, 4) is 0 Å². The molecule has 98 valence electrons. The van der Waals surface area contributed by atoms with Crippen LogP contribution < -0.4 is 11.1 Å². The predicted octanol–water partition coefficient (Wildman–Crippen LogP) is -0.646. The van der Waals surface area contributed by atoms with Crippen molar-refractivity contribution in [2.24, 2.45) is 16.8 Å². The maximum atomic E-state index is 11.9. The number of likely N-dealkylation sites (N-methyl/N-ethyl adjacent to an activating group) is 2. The Labute approximate surface area is 101 Å². The number of nitrogens with two attached hydrogens (primary N) is 1. The lowest BCUT2D eigenvalue weighted by Gasteiger charge is -2.21. The highest BCUT2D eigenvalue weighted by molar-refractivity contribution is 6.02. The lowest BCUT2D eigenvalue weighted by atomic mass is 10.0. The SMILES string of the molecule is CCNC(=O)CN(C)C(=O)C(CC)C(N)=NO. The Morgan fingerprint density at radius 3 is 2.47 bits per heavy atom. The van der Waals surface area contributed by atoms with Gasteiger partial charge in [0.1, 0.15) is 0 Å². The number of hydrogen-bond donors (Lipinski definition) is 3. The van der Waals surface area contributed by atoms with Gasteiger partial charge in [-0.1, -0.05) is 12.1 Å². The van der Waals surface area contributed by atoms with E-state index in [1.165, 1.54) is 11.9 Å². The van der Waals surface area contributed by atoms with Crippen molar-refractivity contribution in [3.63, 3.8) is 0 Å². The average molecular weight is 244 g/mol. The van der Waals surface area contributed by atoms with E-state index >= 15 is 0 Å². The molecule has 0 aliphatic carbocycles. The van der Waals surface area contributed by atoms with Gasteiger partial charge in [0.15, 0.2) is 5.84 Å². The fourth-order valence-electron chi connectivity index (χ4n) is 1.39. The second-order valence-corrected chi connectivity index (χ2v) is 3.63. The van der Waals surface area contributed by atoms with Gasteiger partial charge in [-0.25, -0.2) is 0 Å². The molecule has 0 aliphatic rings. The van der Waals surface area contributed by atoms with Crippen molar-refractivity contribution in [1.29, 1.82) is 0 Å². The predicted molar refractivity (Wildman–Crippen MR) is 63.5 cm³/mol. The quantitative estimate of drug-likeness (QED) is 0.250. The zero-order valence-corrected chi connectivity index (χ0v) is 10.4. The Morgan fingerprint density at radius 2 is 2.06 bits per heavy atom. The first-order valence-electron chi connectivity index (χ1n) is 5.46. The van der Waals surface area contributed by atoms with E-state index in [0.29, 0.717) is 13.0 Å². The molecule has 0 aromatic heterocycles. The van der Waals surface area contributed by atoms with Gasteiger partial charge in [0.05, 0.1) is 12.5 Å². The summed E-state index contributed by atoms with van der Waals surface area (Å²) in [7, 11) is 1.50. The largest absolute Gasteiger partial charge is 0.409 e. The molecular weight excluding hydrogens is 224 g/mol. The molecule has 4 N–H and O–H groups in total. The zero-order valence-electron chi connectivity index (χ0n) is 10.4. The van der Waals surface area contributed by atoms with Gasteiger partial charge < -0.3 is 21.2 Å². The molecule has 0 saturated heterocycles. The number of amidine groups is 1. The normalized spacial score (nSPS) is 13.0. The third-order valence-electron chi connectivity index (χ3n) is 2.31. The molecule has 0 fully saturated rings. The molecule has 0 radical (unpaired) electrons. The molecule has 0 rings (SSSR count). The first-order valence-corrected chi connectivity index (χ1v) is 5.46. The van der Waals surface area contributed by atoms with Crippen LogP contribution in [-0.4, -0.2) is 47.9 Å². The third kappa shape index (κ3) is 4.71. The van der Waals surface area contributed by atoms with Crippen molar-refractivity contribution in [2.45, 2.75) is 20.3 Å². The Bertz CT molecular complexity index is 304. The number of amides is 2. The van der Waals surface area contributed by atoms with Gasteiger partial charge in [0.2, 0.25) is 11.8 Å².